The van der Waals surface area contributed by atoms with E-state index >= 15 is 0 Å². The first-order chi connectivity index (χ1) is 4.88. The molecule has 0 fully saturated rings. The van der Waals surface area contributed by atoms with Crippen molar-refractivity contribution in [3.8, 4) is 6.07 Å². The number of rotatable bonds is 1. The zero-order valence-corrected chi connectivity index (χ0v) is 6.35. The quantitative estimate of drug-likeness (QED) is 0.561. The minimum atomic E-state index is 0.509. The van der Waals surface area contributed by atoms with Crippen molar-refractivity contribution >= 4 is 17.0 Å². The zero-order valence-electron chi connectivity index (χ0n) is 5.53. The normalized spacial score (nSPS) is 11.0. The molecule has 0 aliphatic heterocycles. The first-order valence-corrected chi connectivity index (χ1v) is 3.67. The lowest BCUT2D eigenvalue weighted by Gasteiger charge is -1.85. The molecule has 0 bridgehead atoms. The van der Waals surface area contributed by atoms with E-state index in [1.54, 1.807) is 7.05 Å². The maximum atomic E-state index is 8.52. The van der Waals surface area contributed by atoms with Crippen molar-refractivity contribution < 1.29 is 0 Å². The Hall–Kier alpha value is -1.14. The summed E-state index contributed by atoms with van der Waals surface area (Å²) < 4.78 is 0. The summed E-state index contributed by atoms with van der Waals surface area (Å²) in [6.45, 7) is 0. The monoisotopic (exact) mass is 150 g/mol. The molecule has 0 radical (unpaired) electrons. The van der Waals surface area contributed by atoms with Crippen LogP contribution in [0.1, 0.15) is 4.88 Å². The van der Waals surface area contributed by atoms with Crippen molar-refractivity contribution in [2.45, 2.75) is 0 Å². The van der Waals surface area contributed by atoms with Crippen LogP contribution in [0.25, 0.3) is 0 Å². The Balaban J connectivity index is 2.99. The van der Waals surface area contributed by atoms with Crippen LogP contribution in [0, 0.1) is 11.3 Å². The fourth-order valence-corrected chi connectivity index (χ4v) is 1.34. The van der Waals surface area contributed by atoms with Crippen molar-refractivity contribution in [2.24, 2.45) is 4.99 Å². The molecule has 0 N–H and O–H groups in total. The lowest BCUT2D eigenvalue weighted by molar-refractivity contribution is 1.44. The first-order valence-electron chi connectivity index (χ1n) is 2.79. The maximum Gasteiger partial charge on any atom is 0.152 e. The Morgan fingerprint density at radius 2 is 2.60 bits per heavy atom. The van der Waals surface area contributed by atoms with E-state index in [0.29, 0.717) is 5.71 Å². The standard InChI is InChI=1S/C7H6N2S/c1-9-6(5-8)7-3-2-4-10-7/h2-4H,1H3. The summed E-state index contributed by atoms with van der Waals surface area (Å²) in [5.74, 6) is 0. The van der Waals surface area contributed by atoms with Gasteiger partial charge in [-0.25, -0.2) is 0 Å². The molecule has 1 heterocycles. The van der Waals surface area contributed by atoms with E-state index in [0.717, 1.165) is 4.88 Å². The summed E-state index contributed by atoms with van der Waals surface area (Å²) in [4.78, 5) is 4.75. The minimum Gasteiger partial charge on any atom is -0.276 e. The van der Waals surface area contributed by atoms with Crippen LogP contribution in [-0.2, 0) is 0 Å². The van der Waals surface area contributed by atoms with Gasteiger partial charge < -0.3 is 0 Å². The highest BCUT2D eigenvalue weighted by Crippen LogP contribution is 2.08. The van der Waals surface area contributed by atoms with Crippen LogP contribution in [0.2, 0.25) is 0 Å². The van der Waals surface area contributed by atoms with Gasteiger partial charge in [-0.3, -0.25) is 4.99 Å². The van der Waals surface area contributed by atoms with Gasteiger partial charge in [-0.05, 0) is 11.4 Å². The molecule has 0 aliphatic carbocycles. The van der Waals surface area contributed by atoms with Crippen LogP contribution in [0.3, 0.4) is 0 Å². The summed E-state index contributed by atoms with van der Waals surface area (Å²) in [5.41, 5.74) is 0.509. The van der Waals surface area contributed by atoms with Crippen molar-refractivity contribution in [1.82, 2.24) is 0 Å². The molecular weight excluding hydrogens is 144 g/mol. The largest absolute Gasteiger partial charge is 0.276 e. The zero-order chi connectivity index (χ0) is 7.40. The summed E-state index contributed by atoms with van der Waals surface area (Å²) in [7, 11) is 1.62. The third kappa shape index (κ3) is 1.23. The van der Waals surface area contributed by atoms with Gasteiger partial charge in [0.25, 0.3) is 0 Å². The van der Waals surface area contributed by atoms with Gasteiger partial charge >= 0.3 is 0 Å². The molecule has 0 saturated heterocycles. The first kappa shape index (κ1) is 6.97. The molecule has 1 rings (SSSR count). The summed E-state index contributed by atoms with van der Waals surface area (Å²) >= 11 is 1.53. The lowest BCUT2D eigenvalue weighted by Crippen LogP contribution is -1.91. The molecule has 1 aromatic heterocycles. The van der Waals surface area contributed by atoms with Gasteiger partial charge in [0.15, 0.2) is 5.71 Å². The third-order valence-electron chi connectivity index (χ3n) is 1.08. The fraction of sp³-hybridized carbons (Fsp3) is 0.143. The van der Waals surface area contributed by atoms with Crippen LogP contribution in [0.5, 0.6) is 0 Å². The number of hydrogen-bond donors (Lipinski definition) is 0. The molecule has 2 nitrogen and oxygen atoms in total. The van der Waals surface area contributed by atoms with Gasteiger partial charge in [0, 0.05) is 7.05 Å². The molecule has 0 saturated carbocycles. The van der Waals surface area contributed by atoms with Gasteiger partial charge in [0.2, 0.25) is 0 Å². The van der Waals surface area contributed by atoms with Crippen molar-refractivity contribution in [1.29, 1.82) is 5.26 Å². The predicted molar refractivity (Wildman–Crippen MR) is 42.4 cm³/mol. The van der Waals surface area contributed by atoms with Gasteiger partial charge in [0.1, 0.15) is 6.07 Å². The second-order valence-corrected chi connectivity index (χ2v) is 2.61. The van der Waals surface area contributed by atoms with Crippen LogP contribution < -0.4 is 0 Å². The number of nitrogens with zero attached hydrogens (tertiary/aromatic N) is 2. The highest BCUT2D eigenvalue weighted by Gasteiger charge is 1.99. The van der Waals surface area contributed by atoms with Crippen LogP contribution >= 0.6 is 11.3 Å². The number of thiophene rings is 1. The molecule has 50 valence electrons. The van der Waals surface area contributed by atoms with Gasteiger partial charge in [-0.15, -0.1) is 11.3 Å². The van der Waals surface area contributed by atoms with E-state index in [1.807, 2.05) is 23.6 Å². The molecule has 0 amide bonds. The lowest BCUT2D eigenvalue weighted by atomic mass is 10.3. The summed E-state index contributed by atoms with van der Waals surface area (Å²) in [6, 6.07) is 5.80. The van der Waals surface area contributed by atoms with E-state index in [-0.39, 0.29) is 0 Å². The molecule has 3 heteroatoms. The highest BCUT2D eigenvalue weighted by atomic mass is 32.1. The molecule has 10 heavy (non-hydrogen) atoms. The van der Waals surface area contributed by atoms with E-state index in [1.165, 1.54) is 11.3 Å². The summed E-state index contributed by atoms with van der Waals surface area (Å²) in [6.07, 6.45) is 0. The Labute approximate surface area is 63.5 Å². The van der Waals surface area contributed by atoms with Gasteiger partial charge in [-0.2, -0.15) is 5.26 Å². The Morgan fingerprint density at radius 1 is 1.80 bits per heavy atom. The molecule has 0 unspecified atom stereocenters. The smallest absolute Gasteiger partial charge is 0.152 e. The topological polar surface area (TPSA) is 36.1 Å². The second-order valence-electron chi connectivity index (χ2n) is 1.66. The predicted octanol–water partition coefficient (Wildman–Crippen LogP) is 1.69. The van der Waals surface area contributed by atoms with E-state index in [4.69, 9.17) is 5.26 Å². The SMILES string of the molecule is CN=C(C#N)c1cccs1. The average molecular weight is 150 g/mol. The number of aliphatic imine (C=N–C) groups is 1. The van der Waals surface area contributed by atoms with E-state index in [9.17, 15) is 0 Å². The molecular formula is C7H6N2S. The van der Waals surface area contributed by atoms with Crippen LogP contribution in [0.15, 0.2) is 22.5 Å². The van der Waals surface area contributed by atoms with Crippen molar-refractivity contribution in [3.63, 3.8) is 0 Å². The van der Waals surface area contributed by atoms with Crippen molar-refractivity contribution in [3.05, 3.63) is 22.4 Å². The van der Waals surface area contributed by atoms with Crippen molar-refractivity contribution in [2.75, 3.05) is 7.05 Å². The average Bonchev–Trinajstić information content (AvgIpc) is 2.43. The minimum absolute atomic E-state index is 0.509. The Morgan fingerprint density at radius 3 is 3.00 bits per heavy atom. The molecule has 1 aromatic rings. The van der Waals surface area contributed by atoms with Crippen LogP contribution in [0.4, 0.5) is 0 Å². The molecule has 0 aliphatic rings. The third-order valence-corrected chi connectivity index (χ3v) is 1.96. The number of nitriles is 1. The Bertz CT molecular complexity index is 266. The Kier molecular flexibility index (Phi) is 2.19. The number of hydrogen-bond acceptors (Lipinski definition) is 3. The van der Waals surface area contributed by atoms with Gasteiger partial charge in [-0.1, -0.05) is 6.07 Å². The summed E-state index contributed by atoms with van der Waals surface area (Å²) in [5, 5.41) is 10.5. The van der Waals surface area contributed by atoms with E-state index < -0.39 is 0 Å². The molecule has 0 spiro atoms. The molecule has 0 atom stereocenters. The van der Waals surface area contributed by atoms with Crippen LogP contribution in [-0.4, -0.2) is 12.8 Å². The highest BCUT2D eigenvalue weighted by molar-refractivity contribution is 7.12. The maximum absolute atomic E-state index is 8.52. The fourth-order valence-electron chi connectivity index (χ4n) is 0.629. The van der Waals surface area contributed by atoms with Gasteiger partial charge in [0.05, 0.1) is 4.88 Å². The van der Waals surface area contributed by atoms with E-state index in [2.05, 4.69) is 4.99 Å². The second kappa shape index (κ2) is 3.14. The molecule has 0 aromatic carbocycles.